The molecule has 6 aromatic carbocycles. The average molecular weight is 1670 g/mol. The number of esters is 1. The summed E-state index contributed by atoms with van der Waals surface area (Å²) in [5.74, 6) is -1.44. The number of aliphatic carboxylic acids is 1. The lowest BCUT2D eigenvalue weighted by Crippen LogP contribution is -2.21. The molecular weight excluding hydrogens is 1580 g/mol. The topological polar surface area (TPSA) is 331 Å². The maximum atomic E-state index is 12.6. The van der Waals surface area contributed by atoms with Crippen molar-refractivity contribution in [3.8, 4) is 11.5 Å². The number of fused-ring (bicyclic) bond motifs is 4. The van der Waals surface area contributed by atoms with Crippen molar-refractivity contribution in [1.82, 2.24) is 65.3 Å². The van der Waals surface area contributed by atoms with Gasteiger partial charge in [-0.2, -0.15) is 18.4 Å². The van der Waals surface area contributed by atoms with E-state index in [-0.39, 0.29) is 17.5 Å². The zero-order valence-corrected chi connectivity index (χ0v) is 68.4. The summed E-state index contributed by atoms with van der Waals surface area (Å²) in [6, 6.07) is 58.2. The molecule has 0 saturated heterocycles. The second kappa shape index (κ2) is 40.9. The maximum Gasteiger partial charge on any atom is 0.490 e. The van der Waals surface area contributed by atoms with E-state index in [4.69, 9.17) is 29.2 Å². The predicted molar refractivity (Wildman–Crippen MR) is 451 cm³/mol. The summed E-state index contributed by atoms with van der Waals surface area (Å²) < 4.78 is 51.0. The lowest BCUT2D eigenvalue weighted by Gasteiger charge is -2.28. The molecular formula is C89H92F3N13O11S3. The highest BCUT2D eigenvalue weighted by Crippen LogP contribution is 2.45. The standard InChI is InChI=1S/C28H30N4O3S.C26H26N4O3S.C18H18N4O2S.C15H17NO.C2HF3O2/c1-3-35-28(33)26-27(32(31-30-26)18-19-6-11-23(34-2)12-7-19)36-24-13-8-20(9-14-24)21-10-15-25-22(17-21)5-4-16-29-25;1-33-21-9-4-17(5-10-21)16-30-25(24(26(31)32)28-29-30)34-22-11-6-18(7-12-22)19-8-13-23-20(15-19)3-2-14-27-23;23-18(24)16-17(21-22-20-16)25-14-6-3-11(4-7-14)12-5-8-15-13(10-12)2-1-9-19-15;17-14-6-3-11(4-7-14)12-5-8-15-13(10-12)2-1-9-16-15;3-2(4,5)1(6)7/h4-7,10-12,15-17,20,24H,3,8-9,13-14,18H2,1-2H3;2-5,8-10,13-15,18,22H,6-7,11-12,16H2,1H3,(H,31,32);1-2,5,8-11,14H,3-4,6-7H2,(H,23,24)(H,20,21,22);1-2,5,8-11,14,17H,3-4,6-7H2;(H,6,7). The number of nitrogens with one attached hydrogen (secondary N) is 1. The fraction of sp³-hybridized carbons (Fsp3) is 0.348. The molecule has 7 heterocycles. The molecule has 13 aromatic rings. The molecule has 17 rings (SSSR count). The van der Waals surface area contributed by atoms with Crippen molar-refractivity contribution in [1.29, 1.82) is 0 Å². The van der Waals surface area contributed by atoms with Crippen molar-refractivity contribution in [2.24, 2.45) is 0 Å². The van der Waals surface area contributed by atoms with E-state index in [9.17, 15) is 37.8 Å². The van der Waals surface area contributed by atoms with Gasteiger partial charge in [0, 0.05) is 62.1 Å². The fourth-order valence-corrected chi connectivity index (χ4v) is 19.3. The molecule has 0 spiro atoms. The number of carbonyl (C=O) groups excluding carboxylic acids is 1. The number of ether oxygens (including phenoxy) is 3. The first kappa shape index (κ1) is 85.5. The largest absolute Gasteiger partial charge is 0.497 e. The van der Waals surface area contributed by atoms with Crippen molar-refractivity contribution < 1.29 is 67.0 Å². The number of benzene rings is 6. The van der Waals surface area contributed by atoms with Crippen LogP contribution in [0.25, 0.3) is 43.6 Å². The Labute approximate surface area is 697 Å². The highest BCUT2D eigenvalue weighted by molar-refractivity contribution is 8.00. The van der Waals surface area contributed by atoms with E-state index >= 15 is 0 Å². The second-order valence-electron chi connectivity index (χ2n) is 29.7. The highest BCUT2D eigenvalue weighted by atomic mass is 32.2. The molecule has 0 bridgehead atoms. The monoisotopic (exact) mass is 1670 g/mol. The number of halogens is 3. The van der Waals surface area contributed by atoms with Crippen LogP contribution in [0.5, 0.6) is 11.5 Å². The summed E-state index contributed by atoms with van der Waals surface area (Å²) in [6.45, 7) is 3.10. The molecule has 119 heavy (non-hydrogen) atoms. The third-order valence-electron chi connectivity index (χ3n) is 21.9. The maximum absolute atomic E-state index is 12.6. The summed E-state index contributed by atoms with van der Waals surface area (Å²) in [6.07, 6.45) is 19.1. The highest BCUT2D eigenvalue weighted by Gasteiger charge is 2.38. The van der Waals surface area contributed by atoms with Gasteiger partial charge in [-0.1, -0.05) is 95.0 Å². The first-order valence-electron chi connectivity index (χ1n) is 39.8. The van der Waals surface area contributed by atoms with E-state index in [0.29, 0.717) is 74.9 Å². The Morgan fingerprint density at radius 2 is 0.782 bits per heavy atom. The van der Waals surface area contributed by atoms with Gasteiger partial charge in [0.15, 0.2) is 5.03 Å². The Bertz CT molecular complexity index is 5570. The molecule has 4 saturated carbocycles. The lowest BCUT2D eigenvalue weighted by atomic mass is 9.82. The number of aromatic nitrogens is 13. The molecule has 4 aliphatic carbocycles. The van der Waals surface area contributed by atoms with Gasteiger partial charge in [0.1, 0.15) is 21.6 Å². The molecule has 30 heteroatoms. The van der Waals surface area contributed by atoms with E-state index in [1.807, 2.05) is 102 Å². The number of H-pyrrole nitrogens is 1. The van der Waals surface area contributed by atoms with Gasteiger partial charge in [0.25, 0.3) is 0 Å². The fourth-order valence-electron chi connectivity index (χ4n) is 15.6. The second-order valence-corrected chi connectivity index (χ2v) is 33.6. The van der Waals surface area contributed by atoms with Crippen LogP contribution in [0, 0.1) is 0 Å². The molecule has 4 aliphatic rings. The van der Waals surface area contributed by atoms with Gasteiger partial charge in [-0.05, 0) is 264 Å². The minimum Gasteiger partial charge on any atom is -0.497 e. The SMILES string of the molecule is CCOC(=O)c1nnn(Cc2ccc(OC)cc2)c1SC1CCC(c2ccc3ncccc3c2)CC1.COc1ccc(Cn2nnc(C(=O)O)c2SC2CCC(c3ccc4ncccc4c3)CC2)cc1.O=C(O)C(F)(F)F.O=C(O)c1n[nH]nc1SC1CCC(c2ccc3ncccc3c2)CC1.OC1CCC(c2ccc3ncccc3c2)CC1. The van der Waals surface area contributed by atoms with Crippen molar-refractivity contribution in [2.45, 2.75) is 190 Å². The Morgan fingerprint density at radius 1 is 0.445 bits per heavy atom. The van der Waals surface area contributed by atoms with Crippen LogP contribution in [0.15, 0.2) is 210 Å². The van der Waals surface area contributed by atoms with Crippen LogP contribution < -0.4 is 9.47 Å². The summed E-state index contributed by atoms with van der Waals surface area (Å²) in [5, 5.41) is 70.0. The Kier molecular flexibility index (Phi) is 29.4. The number of carboxylic acid groups (broad SMARTS) is 3. The molecule has 0 radical (unpaired) electrons. The number of carbonyl (C=O) groups is 4. The van der Waals surface area contributed by atoms with Gasteiger partial charge < -0.3 is 34.6 Å². The molecule has 0 atom stereocenters. The molecule has 0 unspecified atom stereocenters. The van der Waals surface area contributed by atoms with Gasteiger partial charge in [0.05, 0.1) is 62.1 Å². The van der Waals surface area contributed by atoms with Gasteiger partial charge in [-0.25, -0.2) is 28.5 Å². The van der Waals surface area contributed by atoms with Gasteiger partial charge in [0.2, 0.25) is 17.1 Å². The van der Waals surface area contributed by atoms with E-state index < -0.39 is 30.1 Å². The van der Waals surface area contributed by atoms with Gasteiger partial charge in [-0.3, -0.25) is 19.9 Å². The third-order valence-corrected chi connectivity index (χ3v) is 26.1. The minimum atomic E-state index is -5.08. The molecule has 4 fully saturated rings. The summed E-state index contributed by atoms with van der Waals surface area (Å²) >= 11 is 4.84. The molecule has 7 aromatic heterocycles. The Morgan fingerprint density at radius 3 is 1.12 bits per heavy atom. The minimum absolute atomic E-state index is 0.0224. The summed E-state index contributed by atoms with van der Waals surface area (Å²) in [4.78, 5) is 62.0. The normalized spacial score (nSPS) is 19.1. The van der Waals surface area contributed by atoms with Crippen LogP contribution in [0.3, 0.4) is 0 Å². The zero-order chi connectivity index (χ0) is 83.4. The lowest BCUT2D eigenvalue weighted by molar-refractivity contribution is -0.192. The number of carboxylic acids is 3. The van der Waals surface area contributed by atoms with E-state index in [2.05, 4.69) is 153 Å². The zero-order valence-electron chi connectivity index (χ0n) is 65.9. The van der Waals surface area contributed by atoms with Crippen LogP contribution in [0.4, 0.5) is 13.2 Å². The van der Waals surface area contributed by atoms with Crippen LogP contribution in [0.2, 0.25) is 0 Å². The van der Waals surface area contributed by atoms with E-state index in [0.717, 1.165) is 152 Å². The first-order chi connectivity index (χ1) is 57.7. The molecule has 5 N–H and O–H groups in total. The van der Waals surface area contributed by atoms with Crippen molar-refractivity contribution in [3.63, 3.8) is 0 Å². The first-order valence-corrected chi connectivity index (χ1v) is 42.4. The summed E-state index contributed by atoms with van der Waals surface area (Å²) in [7, 11) is 3.28. The number of aromatic carboxylic acids is 2. The quantitative estimate of drug-likeness (QED) is 0.0443. The number of rotatable bonds is 20. The molecule has 24 nitrogen and oxygen atoms in total. The third kappa shape index (κ3) is 22.9. The Hall–Kier alpha value is -11.3. The number of alkyl halides is 3. The van der Waals surface area contributed by atoms with Crippen LogP contribution in [-0.4, -0.2) is 158 Å². The molecule has 0 aliphatic heterocycles. The number of nitrogens with zero attached hydrogens (tertiary/aromatic N) is 12. The van der Waals surface area contributed by atoms with Crippen LogP contribution in [0.1, 0.15) is 198 Å². The van der Waals surface area contributed by atoms with Crippen LogP contribution >= 0.6 is 35.3 Å². The van der Waals surface area contributed by atoms with Crippen molar-refractivity contribution in [3.05, 3.63) is 245 Å². The van der Waals surface area contributed by atoms with E-state index in [1.54, 1.807) is 49.3 Å². The van der Waals surface area contributed by atoms with E-state index in [1.165, 1.54) is 55.6 Å². The number of pyridine rings is 4. The Balaban J connectivity index is 0.000000137. The number of hydrogen-bond donors (Lipinski definition) is 5. The number of aliphatic hydroxyl groups is 1. The van der Waals surface area contributed by atoms with Crippen molar-refractivity contribution in [2.75, 3.05) is 20.8 Å². The summed E-state index contributed by atoms with van der Waals surface area (Å²) in [5.41, 5.74) is 12.1. The number of methoxy groups -OCH3 is 2. The molecule has 0 amide bonds. The average Bonchev–Trinajstić information content (AvgIpc) is 1.46. The van der Waals surface area contributed by atoms with Gasteiger partial charge in [-0.15, -0.1) is 43.9 Å². The predicted octanol–water partition coefficient (Wildman–Crippen LogP) is 19.0. The number of thioether (sulfide) groups is 3. The smallest absolute Gasteiger partial charge is 0.490 e. The van der Waals surface area contributed by atoms with Gasteiger partial charge >= 0.3 is 30.1 Å². The van der Waals surface area contributed by atoms with Crippen LogP contribution in [-0.2, 0) is 22.6 Å². The number of hydrogen-bond acceptors (Lipinski definition) is 21. The number of aromatic amines is 1. The molecule has 618 valence electrons. The number of aliphatic hydroxyl groups excluding tert-OH is 1. The van der Waals surface area contributed by atoms with Crippen molar-refractivity contribution >= 4 is 103 Å².